The van der Waals surface area contributed by atoms with Crippen LogP contribution in [0.15, 0.2) is 18.2 Å². The van der Waals surface area contributed by atoms with Gasteiger partial charge >= 0.3 is 0 Å². The van der Waals surface area contributed by atoms with Crippen LogP contribution in [0.3, 0.4) is 0 Å². The first kappa shape index (κ1) is 13.2. The molecule has 20 heavy (non-hydrogen) atoms. The summed E-state index contributed by atoms with van der Waals surface area (Å²) in [5.41, 5.74) is 7.10. The van der Waals surface area contributed by atoms with Gasteiger partial charge in [-0.1, -0.05) is 0 Å². The van der Waals surface area contributed by atoms with Crippen molar-refractivity contribution in [1.29, 1.82) is 0 Å². The molecule has 2 aliphatic rings. The monoisotopic (exact) mass is 277 g/mol. The van der Waals surface area contributed by atoms with E-state index in [1.807, 2.05) is 0 Å². The molecule has 1 aromatic rings. The molecular formula is C14H19N3O3. The van der Waals surface area contributed by atoms with Crippen LogP contribution in [0.2, 0.25) is 0 Å². The summed E-state index contributed by atoms with van der Waals surface area (Å²) in [4.78, 5) is 12.8. The second-order valence-corrected chi connectivity index (χ2v) is 5.64. The molecule has 0 aliphatic carbocycles. The number of nitrogens with two attached hydrogens (primary N) is 1. The molecule has 0 amide bonds. The zero-order valence-corrected chi connectivity index (χ0v) is 11.5. The molecule has 1 aromatic carbocycles. The van der Waals surface area contributed by atoms with E-state index in [9.17, 15) is 10.1 Å². The quantitative estimate of drug-likeness (QED) is 0.675. The smallest absolute Gasteiger partial charge is 0.273 e. The van der Waals surface area contributed by atoms with Crippen molar-refractivity contribution in [1.82, 2.24) is 0 Å². The van der Waals surface area contributed by atoms with Gasteiger partial charge in [0.15, 0.2) is 0 Å². The van der Waals surface area contributed by atoms with Crippen LogP contribution in [-0.4, -0.2) is 30.2 Å². The normalized spacial score (nSPS) is 28.5. The highest BCUT2D eigenvalue weighted by Gasteiger charge is 2.40. The summed E-state index contributed by atoms with van der Waals surface area (Å²) in [7, 11) is 1.56. The number of fused-ring (bicyclic) bond motifs is 2. The van der Waals surface area contributed by atoms with E-state index in [2.05, 4.69) is 4.90 Å². The SMILES string of the molecule is COc1cc([N+](=O)[O-])ccc1N1C2CCC1CC(N)C2. The molecule has 2 aliphatic heterocycles. The summed E-state index contributed by atoms with van der Waals surface area (Å²) in [5, 5.41) is 10.9. The van der Waals surface area contributed by atoms with Gasteiger partial charge in [0.05, 0.1) is 23.8 Å². The minimum atomic E-state index is -0.396. The van der Waals surface area contributed by atoms with Gasteiger partial charge in [0, 0.05) is 24.2 Å². The Morgan fingerprint density at radius 1 is 1.35 bits per heavy atom. The van der Waals surface area contributed by atoms with E-state index < -0.39 is 4.92 Å². The molecular weight excluding hydrogens is 258 g/mol. The third-order valence-corrected chi connectivity index (χ3v) is 4.42. The van der Waals surface area contributed by atoms with E-state index in [1.54, 1.807) is 19.2 Å². The number of piperidine rings is 1. The lowest BCUT2D eigenvalue weighted by Crippen LogP contribution is -2.47. The number of hydrogen-bond donors (Lipinski definition) is 1. The average Bonchev–Trinajstić information content (AvgIpc) is 2.69. The maximum atomic E-state index is 10.9. The molecule has 0 radical (unpaired) electrons. The summed E-state index contributed by atoms with van der Waals surface area (Å²) in [6.07, 6.45) is 4.24. The highest BCUT2D eigenvalue weighted by atomic mass is 16.6. The van der Waals surface area contributed by atoms with Crippen LogP contribution in [0.1, 0.15) is 25.7 Å². The Labute approximate surface area is 117 Å². The molecule has 108 valence electrons. The highest BCUT2D eigenvalue weighted by molar-refractivity contribution is 5.64. The summed E-state index contributed by atoms with van der Waals surface area (Å²) >= 11 is 0. The molecule has 3 rings (SSSR count). The first-order valence-corrected chi connectivity index (χ1v) is 6.96. The van der Waals surface area contributed by atoms with Crippen molar-refractivity contribution in [3.05, 3.63) is 28.3 Å². The lowest BCUT2D eigenvalue weighted by Gasteiger charge is -2.39. The van der Waals surface area contributed by atoms with Gasteiger partial charge in [0.2, 0.25) is 0 Å². The standard InChI is InChI=1S/C14H19N3O3/c1-20-14-8-12(17(18)19)4-5-13(14)16-10-2-3-11(16)7-9(15)6-10/h4-5,8-11H,2-3,6-7,15H2,1H3. The van der Waals surface area contributed by atoms with E-state index in [0.29, 0.717) is 17.8 Å². The average molecular weight is 277 g/mol. The molecule has 6 nitrogen and oxygen atoms in total. The van der Waals surface area contributed by atoms with Crippen LogP contribution in [-0.2, 0) is 0 Å². The number of methoxy groups -OCH3 is 1. The minimum Gasteiger partial charge on any atom is -0.494 e. The molecule has 2 unspecified atom stereocenters. The first-order chi connectivity index (χ1) is 9.60. The van der Waals surface area contributed by atoms with Gasteiger partial charge in [-0.15, -0.1) is 0 Å². The topological polar surface area (TPSA) is 81.6 Å². The van der Waals surface area contributed by atoms with Crippen molar-refractivity contribution >= 4 is 11.4 Å². The Hall–Kier alpha value is -1.82. The number of nitro benzene ring substituents is 1. The van der Waals surface area contributed by atoms with Gasteiger partial charge in [-0.25, -0.2) is 0 Å². The molecule has 0 aromatic heterocycles. The molecule has 0 spiro atoms. The number of nitro groups is 1. The van der Waals surface area contributed by atoms with Crippen molar-refractivity contribution < 1.29 is 9.66 Å². The van der Waals surface area contributed by atoms with E-state index >= 15 is 0 Å². The molecule has 2 N–H and O–H groups in total. The lowest BCUT2D eigenvalue weighted by atomic mass is 9.97. The number of ether oxygens (including phenoxy) is 1. The molecule has 2 atom stereocenters. The second-order valence-electron chi connectivity index (χ2n) is 5.64. The maximum absolute atomic E-state index is 10.9. The van der Waals surface area contributed by atoms with Crippen molar-refractivity contribution in [2.45, 2.75) is 43.8 Å². The Balaban J connectivity index is 1.96. The van der Waals surface area contributed by atoms with Crippen molar-refractivity contribution in [2.75, 3.05) is 12.0 Å². The summed E-state index contributed by atoms with van der Waals surface area (Å²) in [6.45, 7) is 0. The van der Waals surface area contributed by atoms with Gasteiger partial charge in [-0.3, -0.25) is 10.1 Å². The van der Waals surface area contributed by atoms with Crippen LogP contribution in [0.25, 0.3) is 0 Å². The number of anilines is 1. The minimum absolute atomic E-state index is 0.0617. The summed E-state index contributed by atoms with van der Waals surface area (Å²) in [6, 6.07) is 5.99. The van der Waals surface area contributed by atoms with E-state index in [-0.39, 0.29) is 11.7 Å². The number of rotatable bonds is 3. The fourth-order valence-corrected chi connectivity index (χ4v) is 3.61. The summed E-state index contributed by atoms with van der Waals surface area (Å²) < 4.78 is 5.36. The van der Waals surface area contributed by atoms with Gasteiger partial charge in [-0.05, 0) is 31.7 Å². The van der Waals surface area contributed by atoms with Crippen LogP contribution in [0.5, 0.6) is 5.75 Å². The highest BCUT2D eigenvalue weighted by Crippen LogP contribution is 2.43. The van der Waals surface area contributed by atoms with E-state index in [4.69, 9.17) is 10.5 Å². The lowest BCUT2D eigenvalue weighted by molar-refractivity contribution is -0.384. The molecule has 2 fully saturated rings. The largest absolute Gasteiger partial charge is 0.494 e. The van der Waals surface area contributed by atoms with Crippen molar-refractivity contribution in [3.63, 3.8) is 0 Å². The number of nitrogens with zero attached hydrogens (tertiary/aromatic N) is 2. The third kappa shape index (κ3) is 2.10. The zero-order chi connectivity index (χ0) is 14.3. The Bertz CT molecular complexity index is 520. The third-order valence-electron chi connectivity index (χ3n) is 4.42. The summed E-state index contributed by atoms with van der Waals surface area (Å²) in [5.74, 6) is 0.576. The van der Waals surface area contributed by atoms with Gasteiger partial charge in [0.25, 0.3) is 5.69 Å². The van der Waals surface area contributed by atoms with Crippen LogP contribution < -0.4 is 15.4 Å². The number of benzene rings is 1. The number of non-ortho nitro benzene ring substituents is 1. The van der Waals surface area contributed by atoms with Gasteiger partial charge in [0.1, 0.15) is 5.75 Å². The predicted octanol–water partition coefficient (Wildman–Crippen LogP) is 2.06. The van der Waals surface area contributed by atoms with Gasteiger partial charge in [-0.2, -0.15) is 0 Å². The Kier molecular flexibility index (Phi) is 3.25. The molecule has 2 heterocycles. The zero-order valence-electron chi connectivity index (χ0n) is 11.5. The Morgan fingerprint density at radius 3 is 2.55 bits per heavy atom. The van der Waals surface area contributed by atoms with E-state index in [0.717, 1.165) is 31.4 Å². The number of hydrogen-bond acceptors (Lipinski definition) is 5. The molecule has 6 heteroatoms. The van der Waals surface area contributed by atoms with Crippen LogP contribution in [0.4, 0.5) is 11.4 Å². The van der Waals surface area contributed by atoms with E-state index in [1.165, 1.54) is 6.07 Å². The van der Waals surface area contributed by atoms with Crippen LogP contribution in [0, 0.1) is 10.1 Å². The first-order valence-electron chi connectivity index (χ1n) is 6.96. The second kappa shape index (κ2) is 4.94. The fourth-order valence-electron chi connectivity index (χ4n) is 3.61. The van der Waals surface area contributed by atoms with Gasteiger partial charge < -0.3 is 15.4 Å². The maximum Gasteiger partial charge on any atom is 0.273 e. The fraction of sp³-hybridized carbons (Fsp3) is 0.571. The molecule has 0 saturated carbocycles. The molecule has 2 bridgehead atoms. The predicted molar refractivity (Wildman–Crippen MR) is 76.1 cm³/mol. The van der Waals surface area contributed by atoms with Crippen molar-refractivity contribution in [3.8, 4) is 5.75 Å². The van der Waals surface area contributed by atoms with Crippen molar-refractivity contribution in [2.24, 2.45) is 5.73 Å². The molecule has 2 saturated heterocycles. The van der Waals surface area contributed by atoms with Crippen LogP contribution >= 0.6 is 0 Å². The Morgan fingerprint density at radius 2 is 2.00 bits per heavy atom.